The maximum Gasteiger partial charge on any atom is 0.180 e. The zero-order valence-corrected chi connectivity index (χ0v) is 22.3. The summed E-state index contributed by atoms with van der Waals surface area (Å²) in [5, 5.41) is 3.90. The van der Waals surface area contributed by atoms with Crippen LogP contribution in [0.4, 0.5) is 0 Å². The predicted octanol–water partition coefficient (Wildman–Crippen LogP) is 6.94. The molecular weight excluding hydrogens is 494 g/mol. The molecule has 2 aliphatic carbocycles. The molecule has 0 bridgehead atoms. The van der Waals surface area contributed by atoms with Crippen molar-refractivity contribution in [2.75, 3.05) is 7.11 Å². The van der Waals surface area contributed by atoms with Gasteiger partial charge in [-0.3, -0.25) is 10.1 Å². The van der Waals surface area contributed by atoms with Gasteiger partial charge in [0, 0.05) is 5.56 Å². The molecule has 0 fully saturated rings. The van der Waals surface area contributed by atoms with Crippen LogP contribution in [-0.2, 0) is 18.6 Å². The number of carbonyl (C=O) groups excluding carboxylic acids is 1. The van der Waals surface area contributed by atoms with E-state index in [1.807, 2.05) is 48.5 Å². The molecule has 2 aliphatic rings. The van der Waals surface area contributed by atoms with Gasteiger partial charge < -0.3 is 9.47 Å². The van der Waals surface area contributed by atoms with Gasteiger partial charge in [0.1, 0.15) is 6.61 Å². The molecule has 1 atom stereocenters. The van der Waals surface area contributed by atoms with Crippen molar-refractivity contribution in [1.82, 2.24) is 5.32 Å². The average Bonchev–Trinajstić information content (AvgIpc) is 3.48. The Kier molecular flexibility index (Phi) is 5.98. The summed E-state index contributed by atoms with van der Waals surface area (Å²) in [6, 6.07) is 40.9. The number of nitrogens with one attached hydrogen (secondary N) is 1. The van der Waals surface area contributed by atoms with Crippen LogP contribution in [0.25, 0.3) is 11.1 Å². The lowest BCUT2D eigenvalue weighted by Crippen LogP contribution is -2.50. The molecule has 0 radical (unpaired) electrons. The number of ketones is 1. The number of ether oxygens (including phenoxy) is 2. The predicted molar refractivity (Wildman–Crippen MR) is 157 cm³/mol. The maximum absolute atomic E-state index is 14.0. The Labute approximate surface area is 234 Å². The number of fused-ring (bicyclic) bond motifs is 4. The van der Waals surface area contributed by atoms with Crippen molar-refractivity contribution in [3.63, 3.8) is 0 Å². The first-order chi connectivity index (χ1) is 19.7. The van der Waals surface area contributed by atoms with Gasteiger partial charge in [0.15, 0.2) is 17.3 Å². The Hall–Kier alpha value is -4.67. The lowest BCUT2D eigenvalue weighted by Gasteiger charge is -2.36. The van der Waals surface area contributed by atoms with Gasteiger partial charge in [-0.2, -0.15) is 0 Å². The zero-order valence-electron chi connectivity index (χ0n) is 22.3. The highest BCUT2D eigenvalue weighted by molar-refractivity contribution is 6.05. The first-order valence-corrected chi connectivity index (χ1v) is 13.6. The van der Waals surface area contributed by atoms with Crippen LogP contribution in [0.3, 0.4) is 0 Å². The summed E-state index contributed by atoms with van der Waals surface area (Å²) in [6.45, 7) is 0.427. The van der Waals surface area contributed by atoms with E-state index < -0.39 is 11.6 Å². The van der Waals surface area contributed by atoms with E-state index in [1.54, 1.807) is 7.11 Å². The van der Waals surface area contributed by atoms with Gasteiger partial charge in [0.05, 0.1) is 18.7 Å². The fraction of sp³-hybridized carbons (Fsp3) is 0.139. The Morgan fingerprint density at radius 3 is 1.98 bits per heavy atom. The third kappa shape index (κ3) is 3.83. The molecule has 0 heterocycles. The molecule has 0 amide bonds. The summed E-state index contributed by atoms with van der Waals surface area (Å²) >= 11 is 0. The second-order valence-electron chi connectivity index (χ2n) is 10.4. The number of methoxy groups -OCH3 is 1. The van der Waals surface area contributed by atoms with Crippen molar-refractivity contribution >= 4 is 5.78 Å². The molecule has 0 spiro atoms. The molecule has 0 saturated heterocycles. The Balaban J connectivity index is 1.28. The highest BCUT2D eigenvalue weighted by Gasteiger charge is 2.48. The largest absolute Gasteiger partial charge is 0.493 e. The van der Waals surface area contributed by atoms with Crippen LogP contribution >= 0.6 is 0 Å². The SMILES string of the molecule is COc1cc2c(cc1OCc1ccccc1)CC(NC1(c3ccccc3)c3ccccc3-c3ccccc31)C2=O. The first kappa shape index (κ1) is 24.4. The second kappa shape index (κ2) is 9.82. The van der Waals surface area contributed by atoms with Gasteiger partial charge in [-0.15, -0.1) is 0 Å². The van der Waals surface area contributed by atoms with E-state index in [2.05, 4.69) is 78.1 Å². The van der Waals surface area contributed by atoms with Gasteiger partial charge in [-0.1, -0.05) is 109 Å². The third-order valence-electron chi connectivity index (χ3n) is 8.18. The van der Waals surface area contributed by atoms with Crippen LogP contribution < -0.4 is 14.8 Å². The van der Waals surface area contributed by atoms with E-state index in [1.165, 1.54) is 11.1 Å². The van der Waals surface area contributed by atoms with Crippen LogP contribution in [0.15, 0.2) is 121 Å². The van der Waals surface area contributed by atoms with Crippen LogP contribution in [0.5, 0.6) is 11.5 Å². The summed E-state index contributed by atoms with van der Waals surface area (Å²) in [5.41, 5.74) is 7.88. The second-order valence-corrected chi connectivity index (χ2v) is 10.4. The molecule has 40 heavy (non-hydrogen) atoms. The van der Waals surface area contributed by atoms with E-state index in [0.717, 1.165) is 27.8 Å². The van der Waals surface area contributed by atoms with Crippen LogP contribution in [0, 0.1) is 0 Å². The molecule has 0 saturated carbocycles. The summed E-state index contributed by atoms with van der Waals surface area (Å²) in [6.07, 6.45) is 0.568. The number of carbonyl (C=O) groups is 1. The topological polar surface area (TPSA) is 47.6 Å². The molecule has 5 aromatic carbocycles. The normalized spacial score (nSPS) is 16.2. The van der Waals surface area contributed by atoms with Gasteiger partial charge >= 0.3 is 0 Å². The average molecular weight is 524 g/mol. The first-order valence-electron chi connectivity index (χ1n) is 13.6. The number of rotatable bonds is 7. The van der Waals surface area contributed by atoms with Crippen molar-refractivity contribution in [1.29, 1.82) is 0 Å². The molecule has 7 rings (SSSR count). The molecule has 4 heteroatoms. The molecule has 0 aromatic heterocycles. The summed E-state index contributed by atoms with van der Waals surface area (Å²) in [7, 11) is 1.61. The molecule has 5 aromatic rings. The number of benzene rings is 5. The monoisotopic (exact) mass is 523 g/mol. The minimum atomic E-state index is -0.659. The van der Waals surface area contributed by atoms with E-state index in [9.17, 15) is 4.79 Å². The van der Waals surface area contributed by atoms with Gasteiger partial charge in [0.25, 0.3) is 0 Å². The standard InChI is InChI=1S/C36H29NO3/c1-39-33-22-29-25(21-34(33)40-23-24-12-4-2-5-13-24)20-32(35(29)38)37-36(26-14-6-3-7-15-26)30-18-10-8-16-27(30)28-17-9-11-19-31(28)36/h2-19,21-22,32,37H,20,23H2,1H3. The summed E-state index contributed by atoms with van der Waals surface area (Å²) in [5.74, 6) is 1.28. The Morgan fingerprint density at radius 1 is 0.725 bits per heavy atom. The van der Waals surface area contributed by atoms with Crippen LogP contribution in [0.2, 0.25) is 0 Å². The molecule has 1 unspecified atom stereocenters. The smallest absolute Gasteiger partial charge is 0.180 e. The summed E-state index contributed by atoms with van der Waals surface area (Å²) < 4.78 is 11.8. The van der Waals surface area contributed by atoms with Crippen molar-refractivity contribution in [2.45, 2.75) is 24.6 Å². The van der Waals surface area contributed by atoms with E-state index in [-0.39, 0.29) is 5.78 Å². The number of hydrogen-bond acceptors (Lipinski definition) is 4. The maximum atomic E-state index is 14.0. The highest BCUT2D eigenvalue weighted by Crippen LogP contribution is 2.51. The lowest BCUT2D eigenvalue weighted by molar-refractivity contribution is 0.0946. The van der Waals surface area contributed by atoms with Crippen molar-refractivity contribution < 1.29 is 14.3 Å². The van der Waals surface area contributed by atoms with E-state index in [4.69, 9.17) is 9.47 Å². The molecular formula is C36H29NO3. The zero-order chi connectivity index (χ0) is 27.1. The Bertz CT molecular complexity index is 1670. The minimum absolute atomic E-state index is 0.0695. The Morgan fingerprint density at radius 2 is 1.32 bits per heavy atom. The van der Waals surface area contributed by atoms with E-state index in [0.29, 0.717) is 30.1 Å². The summed E-state index contributed by atoms with van der Waals surface area (Å²) in [4.78, 5) is 14.0. The lowest BCUT2D eigenvalue weighted by atomic mass is 9.79. The molecule has 4 nitrogen and oxygen atoms in total. The third-order valence-corrected chi connectivity index (χ3v) is 8.18. The molecule has 1 N–H and O–H groups in total. The van der Waals surface area contributed by atoms with Gasteiger partial charge in [-0.25, -0.2) is 0 Å². The van der Waals surface area contributed by atoms with Gasteiger partial charge in [0.2, 0.25) is 0 Å². The highest BCUT2D eigenvalue weighted by atomic mass is 16.5. The molecule has 0 aliphatic heterocycles. The van der Waals surface area contributed by atoms with E-state index >= 15 is 0 Å². The molecule has 196 valence electrons. The quantitative estimate of drug-likeness (QED) is 0.251. The van der Waals surface area contributed by atoms with Crippen molar-refractivity contribution in [3.8, 4) is 22.6 Å². The van der Waals surface area contributed by atoms with Crippen molar-refractivity contribution in [2.24, 2.45) is 0 Å². The fourth-order valence-corrected chi connectivity index (χ4v) is 6.36. The number of Topliss-reactive ketones (excluding diaryl/α,β-unsaturated/α-hetero) is 1. The minimum Gasteiger partial charge on any atom is -0.493 e. The van der Waals surface area contributed by atoms with Crippen molar-refractivity contribution in [3.05, 3.63) is 155 Å². The van der Waals surface area contributed by atoms with Gasteiger partial charge in [-0.05, 0) is 57.5 Å². The van der Waals surface area contributed by atoms with Crippen LogP contribution in [0.1, 0.15) is 38.2 Å². The number of hydrogen-bond donors (Lipinski definition) is 1. The fourth-order valence-electron chi connectivity index (χ4n) is 6.36. The van der Waals surface area contributed by atoms with Crippen LogP contribution in [-0.4, -0.2) is 18.9 Å².